The number of rotatable bonds is 3. The van der Waals surface area contributed by atoms with Crippen LogP contribution < -0.4 is 0 Å². The molecular formula is C8H10O2S. The zero-order chi connectivity index (χ0) is 8.27. The van der Waals surface area contributed by atoms with Crippen LogP contribution in [0.3, 0.4) is 0 Å². The number of aliphatic carboxylic acids is 1. The molecule has 0 fully saturated rings. The minimum absolute atomic E-state index is 0.232. The van der Waals surface area contributed by atoms with E-state index in [-0.39, 0.29) is 6.42 Å². The molecule has 60 valence electrons. The highest BCUT2D eigenvalue weighted by Gasteiger charge is 1.99. The quantitative estimate of drug-likeness (QED) is 0.754. The van der Waals surface area contributed by atoms with Gasteiger partial charge in [0.15, 0.2) is 0 Å². The highest BCUT2D eigenvalue weighted by Crippen LogP contribution is 2.14. The molecule has 0 aliphatic carbocycles. The van der Waals surface area contributed by atoms with E-state index in [9.17, 15) is 4.79 Å². The van der Waals surface area contributed by atoms with E-state index in [4.69, 9.17) is 5.11 Å². The van der Waals surface area contributed by atoms with E-state index in [0.29, 0.717) is 6.42 Å². The summed E-state index contributed by atoms with van der Waals surface area (Å²) in [4.78, 5) is 11.4. The first-order chi connectivity index (χ1) is 5.18. The Morgan fingerprint density at radius 2 is 2.45 bits per heavy atom. The Morgan fingerprint density at radius 3 is 2.91 bits per heavy atom. The number of aryl methyl sites for hydroxylation is 2. The predicted molar refractivity (Wildman–Crippen MR) is 45.0 cm³/mol. The van der Waals surface area contributed by atoms with Gasteiger partial charge in [0.2, 0.25) is 0 Å². The minimum Gasteiger partial charge on any atom is -0.481 e. The van der Waals surface area contributed by atoms with Gasteiger partial charge < -0.3 is 5.11 Å². The normalized spacial score (nSPS) is 9.91. The van der Waals surface area contributed by atoms with Crippen LogP contribution in [0.15, 0.2) is 11.4 Å². The second kappa shape index (κ2) is 3.53. The highest BCUT2D eigenvalue weighted by molar-refractivity contribution is 7.10. The maximum atomic E-state index is 10.2. The van der Waals surface area contributed by atoms with Crippen LogP contribution in [-0.2, 0) is 11.2 Å². The molecule has 0 radical (unpaired) electrons. The molecule has 0 aliphatic rings. The van der Waals surface area contributed by atoms with Gasteiger partial charge in [0.25, 0.3) is 0 Å². The second-order valence-corrected chi connectivity index (χ2v) is 3.57. The monoisotopic (exact) mass is 170 g/mol. The molecule has 0 atom stereocenters. The fourth-order valence-electron chi connectivity index (χ4n) is 0.880. The van der Waals surface area contributed by atoms with Crippen molar-refractivity contribution < 1.29 is 9.90 Å². The van der Waals surface area contributed by atoms with E-state index in [1.807, 2.05) is 18.4 Å². The molecule has 2 nitrogen and oxygen atoms in total. The van der Waals surface area contributed by atoms with Crippen LogP contribution in [0, 0.1) is 6.92 Å². The van der Waals surface area contributed by atoms with Crippen molar-refractivity contribution in [2.24, 2.45) is 0 Å². The van der Waals surface area contributed by atoms with Crippen molar-refractivity contribution in [3.63, 3.8) is 0 Å². The average Bonchev–Trinajstić information content (AvgIpc) is 2.31. The summed E-state index contributed by atoms with van der Waals surface area (Å²) >= 11 is 1.66. The number of carboxylic acid groups (broad SMARTS) is 1. The summed E-state index contributed by atoms with van der Waals surface area (Å²) < 4.78 is 0. The molecule has 0 bridgehead atoms. The van der Waals surface area contributed by atoms with Gasteiger partial charge in [-0.3, -0.25) is 4.79 Å². The number of hydrogen-bond donors (Lipinski definition) is 1. The zero-order valence-electron chi connectivity index (χ0n) is 6.33. The third-order valence-electron chi connectivity index (χ3n) is 1.41. The van der Waals surface area contributed by atoms with Gasteiger partial charge >= 0.3 is 5.97 Å². The van der Waals surface area contributed by atoms with Crippen molar-refractivity contribution in [3.8, 4) is 0 Å². The fourth-order valence-corrected chi connectivity index (χ4v) is 1.62. The van der Waals surface area contributed by atoms with Gasteiger partial charge in [-0.2, -0.15) is 0 Å². The van der Waals surface area contributed by atoms with Gasteiger partial charge in [-0.1, -0.05) is 0 Å². The molecule has 0 saturated carbocycles. The first-order valence-corrected chi connectivity index (χ1v) is 4.32. The molecule has 0 aromatic carbocycles. The van der Waals surface area contributed by atoms with Crippen molar-refractivity contribution in [3.05, 3.63) is 21.9 Å². The molecular weight excluding hydrogens is 160 g/mol. The van der Waals surface area contributed by atoms with E-state index in [1.165, 1.54) is 4.88 Å². The van der Waals surface area contributed by atoms with E-state index < -0.39 is 5.97 Å². The standard InChI is InChI=1S/C8H10O2S/c1-6-4-7(5-11-6)2-3-8(9)10/h4-5H,2-3H2,1H3,(H,9,10). The number of carboxylic acids is 1. The molecule has 0 unspecified atom stereocenters. The Morgan fingerprint density at radius 1 is 1.73 bits per heavy atom. The second-order valence-electron chi connectivity index (χ2n) is 2.46. The van der Waals surface area contributed by atoms with E-state index >= 15 is 0 Å². The summed E-state index contributed by atoms with van der Waals surface area (Å²) in [6, 6.07) is 2.04. The molecule has 1 N–H and O–H groups in total. The van der Waals surface area contributed by atoms with Crippen LogP contribution in [-0.4, -0.2) is 11.1 Å². The minimum atomic E-state index is -0.728. The highest BCUT2D eigenvalue weighted by atomic mass is 32.1. The summed E-state index contributed by atoms with van der Waals surface area (Å²) in [6.07, 6.45) is 0.885. The molecule has 3 heteroatoms. The Hall–Kier alpha value is -0.830. The summed E-state index contributed by atoms with van der Waals surface area (Å²) in [7, 11) is 0. The largest absolute Gasteiger partial charge is 0.481 e. The Labute approximate surface area is 69.5 Å². The Balaban J connectivity index is 2.45. The molecule has 1 aromatic heterocycles. The molecule has 0 saturated heterocycles. The Bertz CT molecular complexity index is 252. The summed E-state index contributed by atoms with van der Waals surface area (Å²) in [5.41, 5.74) is 1.13. The first-order valence-electron chi connectivity index (χ1n) is 3.44. The summed E-state index contributed by atoms with van der Waals surface area (Å²) in [6.45, 7) is 2.02. The maximum Gasteiger partial charge on any atom is 0.303 e. The van der Waals surface area contributed by atoms with Crippen LogP contribution >= 0.6 is 11.3 Å². The zero-order valence-corrected chi connectivity index (χ0v) is 7.15. The van der Waals surface area contributed by atoms with Crippen molar-refractivity contribution in [2.45, 2.75) is 19.8 Å². The SMILES string of the molecule is Cc1cc(CCC(=O)O)cs1. The predicted octanol–water partition coefficient (Wildman–Crippen LogP) is 2.07. The molecule has 0 aliphatic heterocycles. The van der Waals surface area contributed by atoms with Crippen LogP contribution in [0.5, 0.6) is 0 Å². The van der Waals surface area contributed by atoms with Gasteiger partial charge in [-0.15, -0.1) is 11.3 Å². The van der Waals surface area contributed by atoms with Crippen molar-refractivity contribution in [2.75, 3.05) is 0 Å². The lowest BCUT2D eigenvalue weighted by atomic mass is 10.2. The van der Waals surface area contributed by atoms with Gasteiger partial charge in [-0.05, 0) is 30.4 Å². The van der Waals surface area contributed by atoms with Crippen molar-refractivity contribution >= 4 is 17.3 Å². The van der Waals surface area contributed by atoms with Gasteiger partial charge in [-0.25, -0.2) is 0 Å². The lowest BCUT2D eigenvalue weighted by Gasteiger charge is -1.90. The third kappa shape index (κ3) is 2.72. The fraction of sp³-hybridized carbons (Fsp3) is 0.375. The Kier molecular flexibility index (Phi) is 2.65. The van der Waals surface area contributed by atoms with Crippen LogP contribution in [0.2, 0.25) is 0 Å². The lowest BCUT2D eigenvalue weighted by molar-refractivity contribution is -0.136. The number of hydrogen-bond acceptors (Lipinski definition) is 2. The first kappa shape index (κ1) is 8.27. The molecule has 1 aromatic rings. The van der Waals surface area contributed by atoms with Crippen LogP contribution in [0.25, 0.3) is 0 Å². The van der Waals surface area contributed by atoms with E-state index in [2.05, 4.69) is 0 Å². The molecule has 0 amide bonds. The smallest absolute Gasteiger partial charge is 0.303 e. The molecule has 1 rings (SSSR count). The van der Waals surface area contributed by atoms with Gasteiger partial charge in [0.05, 0.1) is 0 Å². The average molecular weight is 170 g/mol. The van der Waals surface area contributed by atoms with Crippen molar-refractivity contribution in [1.82, 2.24) is 0 Å². The summed E-state index contributed by atoms with van der Waals surface area (Å²) in [5.74, 6) is -0.728. The lowest BCUT2D eigenvalue weighted by Crippen LogP contribution is -1.95. The molecule has 0 spiro atoms. The summed E-state index contributed by atoms with van der Waals surface area (Å²) in [5, 5.41) is 10.4. The molecule has 1 heterocycles. The van der Waals surface area contributed by atoms with Crippen LogP contribution in [0.4, 0.5) is 0 Å². The van der Waals surface area contributed by atoms with E-state index in [0.717, 1.165) is 5.56 Å². The van der Waals surface area contributed by atoms with Crippen LogP contribution in [0.1, 0.15) is 16.9 Å². The molecule has 11 heavy (non-hydrogen) atoms. The number of carbonyl (C=O) groups is 1. The van der Waals surface area contributed by atoms with Gasteiger partial charge in [0.1, 0.15) is 0 Å². The third-order valence-corrected chi connectivity index (χ3v) is 2.32. The van der Waals surface area contributed by atoms with Crippen molar-refractivity contribution in [1.29, 1.82) is 0 Å². The maximum absolute atomic E-state index is 10.2. The topological polar surface area (TPSA) is 37.3 Å². The number of thiophene rings is 1. The van der Waals surface area contributed by atoms with Gasteiger partial charge in [0, 0.05) is 11.3 Å². The van der Waals surface area contributed by atoms with E-state index in [1.54, 1.807) is 11.3 Å².